The molecule has 2 fully saturated rings. The number of amides is 1. The Balaban J connectivity index is 2.13. The van der Waals surface area contributed by atoms with Gasteiger partial charge in [0.2, 0.25) is 5.91 Å². The lowest BCUT2D eigenvalue weighted by Gasteiger charge is -2.41. The molecule has 2 unspecified atom stereocenters. The van der Waals surface area contributed by atoms with Gasteiger partial charge in [-0.05, 0) is 31.6 Å². The Morgan fingerprint density at radius 3 is 2.57 bits per heavy atom. The quantitative estimate of drug-likeness (QED) is 0.712. The molecule has 0 aromatic heterocycles. The van der Waals surface area contributed by atoms with Gasteiger partial charge >= 0.3 is 0 Å². The van der Waals surface area contributed by atoms with Crippen molar-refractivity contribution in [2.24, 2.45) is 11.7 Å². The summed E-state index contributed by atoms with van der Waals surface area (Å²) in [5, 5.41) is 3.48. The smallest absolute Gasteiger partial charge is 0.238 e. The number of hydrogen-bond acceptors (Lipinski definition) is 2. The van der Waals surface area contributed by atoms with Crippen LogP contribution in [-0.4, -0.2) is 17.5 Å². The maximum absolute atomic E-state index is 11.6. The van der Waals surface area contributed by atoms with Crippen LogP contribution in [0.2, 0.25) is 0 Å². The van der Waals surface area contributed by atoms with E-state index < -0.39 is 0 Å². The second-order valence-electron chi connectivity index (χ2n) is 4.90. The number of nitrogens with two attached hydrogens (primary N) is 1. The summed E-state index contributed by atoms with van der Waals surface area (Å²) in [5.74, 6) is 0.256. The van der Waals surface area contributed by atoms with E-state index in [2.05, 4.69) is 12.2 Å². The first-order chi connectivity index (χ1) is 6.65. The molecule has 1 amide bonds. The Morgan fingerprint density at radius 2 is 2.07 bits per heavy atom. The van der Waals surface area contributed by atoms with Gasteiger partial charge in [-0.2, -0.15) is 0 Å². The van der Waals surface area contributed by atoms with Crippen molar-refractivity contribution in [2.75, 3.05) is 0 Å². The van der Waals surface area contributed by atoms with Crippen LogP contribution in [0.3, 0.4) is 0 Å². The van der Waals surface area contributed by atoms with E-state index in [1.807, 2.05) is 0 Å². The highest BCUT2D eigenvalue weighted by Crippen LogP contribution is 2.36. The molecule has 0 aromatic rings. The summed E-state index contributed by atoms with van der Waals surface area (Å²) in [6, 6.07) is 0.558. The SMILES string of the molecule is CC1CCCCC1(NC1CC1)C(N)=O. The van der Waals surface area contributed by atoms with Crippen molar-refractivity contribution in [3.8, 4) is 0 Å². The van der Waals surface area contributed by atoms with E-state index in [1.165, 1.54) is 19.3 Å². The molecule has 3 N–H and O–H groups in total. The standard InChI is InChI=1S/C11H20N2O/c1-8-4-2-3-7-11(8,10(12)14)13-9-5-6-9/h8-9,13H,2-7H2,1H3,(H2,12,14). The van der Waals surface area contributed by atoms with Crippen molar-refractivity contribution in [1.82, 2.24) is 5.32 Å². The second kappa shape index (κ2) is 3.54. The average Bonchev–Trinajstić information content (AvgIpc) is 2.92. The Hall–Kier alpha value is -0.570. The number of nitrogens with one attached hydrogen (secondary N) is 1. The van der Waals surface area contributed by atoms with E-state index in [9.17, 15) is 4.79 Å². The molecule has 80 valence electrons. The summed E-state index contributed by atoms with van der Waals surface area (Å²) in [6.45, 7) is 2.15. The maximum Gasteiger partial charge on any atom is 0.238 e. The lowest BCUT2D eigenvalue weighted by Crippen LogP contribution is -2.61. The zero-order valence-corrected chi connectivity index (χ0v) is 8.88. The van der Waals surface area contributed by atoms with Gasteiger partial charge in [0.1, 0.15) is 5.54 Å². The van der Waals surface area contributed by atoms with Crippen molar-refractivity contribution >= 4 is 5.91 Å². The van der Waals surface area contributed by atoms with Crippen LogP contribution < -0.4 is 11.1 Å². The van der Waals surface area contributed by atoms with Crippen molar-refractivity contribution in [1.29, 1.82) is 0 Å². The van der Waals surface area contributed by atoms with Crippen LogP contribution in [0.15, 0.2) is 0 Å². The van der Waals surface area contributed by atoms with Crippen LogP contribution in [-0.2, 0) is 4.79 Å². The minimum absolute atomic E-state index is 0.142. The molecule has 0 radical (unpaired) electrons. The fourth-order valence-electron chi connectivity index (χ4n) is 2.59. The van der Waals surface area contributed by atoms with E-state index in [0.717, 1.165) is 19.3 Å². The Labute approximate surface area is 85.4 Å². The van der Waals surface area contributed by atoms with Crippen molar-refractivity contribution in [3.05, 3.63) is 0 Å². The zero-order valence-electron chi connectivity index (χ0n) is 8.88. The highest BCUT2D eigenvalue weighted by Gasteiger charge is 2.46. The number of carbonyl (C=O) groups is 1. The average molecular weight is 196 g/mol. The van der Waals surface area contributed by atoms with Gasteiger partial charge in [0.05, 0.1) is 0 Å². The van der Waals surface area contributed by atoms with E-state index in [0.29, 0.717) is 12.0 Å². The number of carbonyl (C=O) groups excluding carboxylic acids is 1. The lowest BCUT2D eigenvalue weighted by molar-refractivity contribution is -0.128. The van der Waals surface area contributed by atoms with Gasteiger partial charge in [-0.25, -0.2) is 0 Å². The first kappa shape index (κ1) is 9.97. The van der Waals surface area contributed by atoms with Crippen molar-refractivity contribution in [3.63, 3.8) is 0 Å². The van der Waals surface area contributed by atoms with Crippen LogP contribution >= 0.6 is 0 Å². The molecule has 3 nitrogen and oxygen atoms in total. The molecule has 3 heteroatoms. The van der Waals surface area contributed by atoms with E-state index in [-0.39, 0.29) is 11.4 Å². The second-order valence-corrected chi connectivity index (χ2v) is 4.90. The minimum atomic E-state index is -0.389. The molecule has 14 heavy (non-hydrogen) atoms. The van der Waals surface area contributed by atoms with Gasteiger partial charge in [0.25, 0.3) is 0 Å². The summed E-state index contributed by atoms with van der Waals surface area (Å²) in [7, 11) is 0. The number of rotatable bonds is 3. The van der Waals surface area contributed by atoms with Crippen LogP contribution in [0.25, 0.3) is 0 Å². The molecule has 2 rings (SSSR count). The van der Waals surface area contributed by atoms with Crippen LogP contribution in [0.1, 0.15) is 45.4 Å². The first-order valence-corrected chi connectivity index (χ1v) is 5.73. The van der Waals surface area contributed by atoms with Gasteiger partial charge in [0.15, 0.2) is 0 Å². The minimum Gasteiger partial charge on any atom is -0.368 e. The molecule has 0 spiro atoms. The van der Waals surface area contributed by atoms with Gasteiger partial charge in [0, 0.05) is 6.04 Å². The number of primary amides is 1. The maximum atomic E-state index is 11.6. The molecule has 0 aliphatic heterocycles. The molecule has 0 aromatic carbocycles. The number of hydrogen-bond donors (Lipinski definition) is 2. The molecule has 2 aliphatic carbocycles. The van der Waals surface area contributed by atoms with Crippen LogP contribution in [0, 0.1) is 5.92 Å². The fraction of sp³-hybridized carbons (Fsp3) is 0.909. The molecular weight excluding hydrogens is 176 g/mol. The predicted octanol–water partition coefficient (Wildman–Crippen LogP) is 1.17. The molecule has 2 atom stereocenters. The van der Waals surface area contributed by atoms with Gasteiger partial charge in [-0.15, -0.1) is 0 Å². The Kier molecular flexibility index (Phi) is 2.52. The Morgan fingerprint density at radius 1 is 1.36 bits per heavy atom. The zero-order chi connectivity index (χ0) is 10.2. The summed E-state index contributed by atoms with van der Waals surface area (Å²) >= 11 is 0. The summed E-state index contributed by atoms with van der Waals surface area (Å²) in [5.41, 5.74) is 5.18. The largest absolute Gasteiger partial charge is 0.368 e. The fourth-order valence-corrected chi connectivity index (χ4v) is 2.59. The molecule has 2 saturated carbocycles. The normalized spacial score (nSPS) is 38.2. The third-order valence-corrected chi connectivity index (χ3v) is 3.78. The molecule has 0 bridgehead atoms. The van der Waals surface area contributed by atoms with Crippen LogP contribution in [0.4, 0.5) is 0 Å². The van der Waals surface area contributed by atoms with E-state index in [4.69, 9.17) is 5.73 Å². The van der Waals surface area contributed by atoms with Crippen molar-refractivity contribution in [2.45, 2.75) is 57.0 Å². The summed E-state index contributed by atoms with van der Waals surface area (Å²) in [4.78, 5) is 11.6. The van der Waals surface area contributed by atoms with Crippen LogP contribution in [0.5, 0.6) is 0 Å². The molecular formula is C11H20N2O. The van der Waals surface area contributed by atoms with E-state index >= 15 is 0 Å². The first-order valence-electron chi connectivity index (χ1n) is 5.73. The molecule has 0 heterocycles. The van der Waals surface area contributed by atoms with Gasteiger partial charge in [-0.1, -0.05) is 19.8 Å². The monoisotopic (exact) mass is 196 g/mol. The van der Waals surface area contributed by atoms with Gasteiger partial charge < -0.3 is 11.1 Å². The topological polar surface area (TPSA) is 55.1 Å². The van der Waals surface area contributed by atoms with Crippen molar-refractivity contribution < 1.29 is 4.79 Å². The molecule has 2 aliphatic rings. The summed E-state index contributed by atoms with van der Waals surface area (Å²) in [6.07, 6.45) is 6.85. The highest BCUT2D eigenvalue weighted by molar-refractivity contribution is 5.85. The molecule has 0 saturated heterocycles. The predicted molar refractivity (Wildman–Crippen MR) is 55.7 cm³/mol. The third kappa shape index (κ3) is 1.65. The van der Waals surface area contributed by atoms with E-state index in [1.54, 1.807) is 0 Å². The summed E-state index contributed by atoms with van der Waals surface area (Å²) < 4.78 is 0. The lowest BCUT2D eigenvalue weighted by atomic mass is 9.73. The van der Waals surface area contributed by atoms with Gasteiger partial charge in [-0.3, -0.25) is 4.79 Å². The highest BCUT2D eigenvalue weighted by atomic mass is 16.1. The Bertz CT molecular complexity index is 237. The third-order valence-electron chi connectivity index (χ3n) is 3.78.